The van der Waals surface area contributed by atoms with Gasteiger partial charge in [-0.25, -0.2) is 4.39 Å². The average Bonchev–Trinajstić information content (AvgIpc) is 2.47. The van der Waals surface area contributed by atoms with Gasteiger partial charge in [-0.15, -0.1) is 0 Å². The Morgan fingerprint density at radius 3 is 2.52 bits per heavy atom. The molecule has 0 radical (unpaired) electrons. The molecular formula is C17H27FN4O. The number of halogens is 1. The Bertz CT molecular complexity index is 569. The van der Waals surface area contributed by atoms with Crippen LogP contribution < -0.4 is 11.1 Å². The summed E-state index contributed by atoms with van der Waals surface area (Å²) in [6.45, 7) is 9.34. The molecular weight excluding hydrogens is 295 g/mol. The van der Waals surface area contributed by atoms with Gasteiger partial charge in [0, 0.05) is 18.5 Å². The maximum atomic E-state index is 14.1. The van der Waals surface area contributed by atoms with Gasteiger partial charge in [0.15, 0.2) is 0 Å². The number of nitrogens with one attached hydrogen (secondary N) is 1. The normalized spacial score (nSPS) is 22.6. The van der Waals surface area contributed by atoms with Crippen molar-refractivity contribution in [1.29, 1.82) is 0 Å². The van der Waals surface area contributed by atoms with E-state index in [4.69, 9.17) is 10.5 Å². The monoisotopic (exact) mass is 322 g/mol. The van der Waals surface area contributed by atoms with E-state index in [1.54, 1.807) is 19.2 Å². The summed E-state index contributed by atoms with van der Waals surface area (Å²) in [6, 6.07) is -0.519. The lowest BCUT2D eigenvalue weighted by Crippen LogP contribution is -2.33. The number of allylic oxidation sites excluding steroid dienone is 3. The molecule has 2 atom stereocenters. The van der Waals surface area contributed by atoms with Gasteiger partial charge in [-0.3, -0.25) is 9.98 Å². The Morgan fingerprint density at radius 2 is 2.00 bits per heavy atom. The summed E-state index contributed by atoms with van der Waals surface area (Å²) in [5.74, 6) is -0.103. The van der Waals surface area contributed by atoms with Gasteiger partial charge in [0.25, 0.3) is 0 Å². The van der Waals surface area contributed by atoms with Crippen molar-refractivity contribution in [2.75, 3.05) is 7.05 Å². The lowest BCUT2D eigenvalue weighted by Gasteiger charge is -2.25. The molecule has 0 heterocycles. The fraction of sp³-hybridized carbons (Fsp3) is 0.529. The van der Waals surface area contributed by atoms with Crippen molar-refractivity contribution in [3.05, 3.63) is 35.4 Å². The summed E-state index contributed by atoms with van der Waals surface area (Å²) in [7, 11) is 1.79. The molecule has 0 fully saturated rings. The molecule has 1 rings (SSSR count). The van der Waals surface area contributed by atoms with Crippen LogP contribution in [-0.2, 0) is 4.74 Å². The van der Waals surface area contributed by atoms with Crippen LogP contribution >= 0.6 is 0 Å². The first-order valence-electron chi connectivity index (χ1n) is 7.69. The van der Waals surface area contributed by atoms with Crippen molar-refractivity contribution in [1.82, 2.24) is 5.32 Å². The van der Waals surface area contributed by atoms with Gasteiger partial charge in [0.05, 0.1) is 6.10 Å². The van der Waals surface area contributed by atoms with Crippen LogP contribution in [0.5, 0.6) is 0 Å². The SMILES string of the molecule is CNC(C)=C(N=C(C)C)C(N)=NC1C=CC=C(F)C1OC(C)C. The molecule has 0 saturated carbocycles. The van der Waals surface area contributed by atoms with Crippen molar-refractivity contribution < 1.29 is 9.13 Å². The molecule has 0 spiro atoms. The van der Waals surface area contributed by atoms with E-state index in [-0.39, 0.29) is 17.8 Å². The first kappa shape index (κ1) is 19.1. The maximum Gasteiger partial charge on any atom is 0.147 e. The number of aliphatic imine (C=N–C) groups is 2. The smallest absolute Gasteiger partial charge is 0.147 e. The second-order valence-corrected chi connectivity index (χ2v) is 5.83. The maximum absolute atomic E-state index is 14.1. The van der Waals surface area contributed by atoms with Crippen molar-refractivity contribution in [2.24, 2.45) is 15.7 Å². The van der Waals surface area contributed by atoms with Crippen LogP contribution in [0.4, 0.5) is 4.39 Å². The van der Waals surface area contributed by atoms with Crippen molar-refractivity contribution in [3.8, 4) is 0 Å². The Hall–Kier alpha value is -1.95. The van der Waals surface area contributed by atoms with E-state index in [1.807, 2.05) is 34.6 Å². The molecule has 3 N–H and O–H groups in total. The minimum atomic E-state index is -0.763. The number of amidine groups is 1. The predicted molar refractivity (Wildman–Crippen MR) is 94.3 cm³/mol. The highest BCUT2D eigenvalue weighted by molar-refractivity contribution is 6.00. The third kappa shape index (κ3) is 5.63. The minimum absolute atomic E-state index is 0.116. The largest absolute Gasteiger partial charge is 0.390 e. The standard InChI is InChI=1S/C17H27FN4O/c1-10(2)21-15(12(5)20-6)17(19)22-14-9-7-8-13(18)16(14)23-11(3)4/h7-9,11,14,16,20H,1-6H3,(H2,19,22). The van der Waals surface area contributed by atoms with Crippen molar-refractivity contribution in [3.63, 3.8) is 0 Å². The topological polar surface area (TPSA) is 72.0 Å². The summed E-state index contributed by atoms with van der Waals surface area (Å²) < 4.78 is 19.7. The van der Waals surface area contributed by atoms with E-state index in [1.165, 1.54) is 6.08 Å². The van der Waals surface area contributed by atoms with Crippen LogP contribution in [0.15, 0.2) is 45.4 Å². The van der Waals surface area contributed by atoms with Gasteiger partial charge < -0.3 is 15.8 Å². The van der Waals surface area contributed by atoms with E-state index in [9.17, 15) is 4.39 Å². The zero-order valence-electron chi connectivity index (χ0n) is 14.7. The van der Waals surface area contributed by atoms with Crippen LogP contribution in [0, 0.1) is 0 Å². The van der Waals surface area contributed by atoms with Crippen molar-refractivity contribution in [2.45, 2.75) is 52.9 Å². The van der Waals surface area contributed by atoms with E-state index >= 15 is 0 Å². The zero-order valence-corrected chi connectivity index (χ0v) is 14.7. The molecule has 0 saturated heterocycles. The van der Waals surface area contributed by atoms with E-state index in [2.05, 4.69) is 15.3 Å². The molecule has 6 heteroatoms. The second kappa shape index (κ2) is 8.62. The van der Waals surface area contributed by atoms with Crippen LogP contribution in [0.2, 0.25) is 0 Å². The van der Waals surface area contributed by atoms with Crippen LogP contribution in [0.1, 0.15) is 34.6 Å². The average molecular weight is 322 g/mol. The third-order valence-corrected chi connectivity index (χ3v) is 3.16. The Kier molecular flexibility index (Phi) is 7.16. The van der Waals surface area contributed by atoms with E-state index < -0.39 is 12.1 Å². The van der Waals surface area contributed by atoms with E-state index in [0.717, 1.165) is 11.4 Å². The summed E-state index contributed by atoms with van der Waals surface area (Å²) in [4.78, 5) is 8.86. The fourth-order valence-electron chi connectivity index (χ4n) is 2.07. The first-order valence-corrected chi connectivity index (χ1v) is 7.69. The van der Waals surface area contributed by atoms with Gasteiger partial charge >= 0.3 is 0 Å². The summed E-state index contributed by atoms with van der Waals surface area (Å²) in [5, 5.41) is 3.02. The van der Waals surface area contributed by atoms with Crippen LogP contribution in [0.25, 0.3) is 0 Å². The van der Waals surface area contributed by atoms with Crippen LogP contribution in [0.3, 0.4) is 0 Å². The van der Waals surface area contributed by atoms with Crippen LogP contribution in [-0.4, -0.2) is 36.8 Å². The van der Waals surface area contributed by atoms with Gasteiger partial charge in [-0.1, -0.05) is 12.2 Å². The zero-order chi connectivity index (χ0) is 17.6. The Balaban J connectivity index is 3.17. The summed E-state index contributed by atoms with van der Waals surface area (Å²) in [5.41, 5.74) is 8.33. The highest BCUT2D eigenvalue weighted by Crippen LogP contribution is 2.23. The highest BCUT2D eigenvalue weighted by atomic mass is 19.1. The van der Waals surface area contributed by atoms with Crippen molar-refractivity contribution >= 4 is 11.5 Å². The molecule has 0 aromatic carbocycles. The van der Waals surface area contributed by atoms with Gasteiger partial charge in [-0.05, 0) is 40.7 Å². The van der Waals surface area contributed by atoms with Gasteiger partial charge in [0.1, 0.15) is 29.5 Å². The molecule has 0 aromatic rings. The molecule has 0 bridgehead atoms. The number of nitrogens with two attached hydrogens (primary N) is 1. The minimum Gasteiger partial charge on any atom is -0.390 e. The summed E-state index contributed by atoms with van der Waals surface area (Å²) in [6.07, 6.45) is 3.91. The molecule has 2 unspecified atom stereocenters. The molecule has 5 nitrogen and oxygen atoms in total. The lowest BCUT2D eigenvalue weighted by atomic mass is 10.0. The third-order valence-electron chi connectivity index (χ3n) is 3.16. The fourth-order valence-corrected chi connectivity index (χ4v) is 2.07. The number of nitrogens with zero attached hydrogens (tertiary/aromatic N) is 2. The first-order chi connectivity index (χ1) is 10.8. The van der Waals surface area contributed by atoms with Gasteiger partial charge in [-0.2, -0.15) is 0 Å². The second-order valence-electron chi connectivity index (χ2n) is 5.83. The molecule has 0 aliphatic heterocycles. The Labute approximate surface area is 137 Å². The molecule has 1 aliphatic carbocycles. The quantitative estimate of drug-likeness (QED) is 0.583. The summed E-state index contributed by atoms with van der Waals surface area (Å²) >= 11 is 0. The van der Waals surface area contributed by atoms with E-state index in [0.29, 0.717) is 5.70 Å². The number of rotatable bonds is 6. The molecule has 0 amide bonds. The molecule has 1 aliphatic rings. The molecule has 0 aromatic heterocycles. The molecule has 128 valence electrons. The highest BCUT2D eigenvalue weighted by Gasteiger charge is 2.28. The Morgan fingerprint density at radius 1 is 1.35 bits per heavy atom. The number of hydrogen-bond donors (Lipinski definition) is 2. The predicted octanol–water partition coefficient (Wildman–Crippen LogP) is 2.86. The number of ether oxygens (including phenoxy) is 1. The molecule has 23 heavy (non-hydrogen) atoms. The number of hydrogen-bond acceptors (Lipinski definition) is 4. The lowest BCUT2D eigenvalue weighted by molar-refractivity contribution is 0.0103. The van der Waals surface area contributed by atoms with Gasteiger partial charge in [0.2, 0.25) is 0 Å².